The van der Waals surface area contributed by atoms with E-state index in [1.165, 1.54) is 0 Å². The highest BCUT2D eigenvalue weighted by molar-refractivity contribution is 7.99. The van der Waals surface area contributed by atoms with Gasteiger partial charge in [-0.15, -0.1) is 5.10 Å². The van der Waals surface area contributed by atoms with Crippen LogP contribution in [0.5, 0.6) is 0 Å². The topological polar surface area (TPSA) is 64.9 Å². The quantitative estimate of drug-likeness (QED) is 0.586. The van der Waals surface area contributed by atoms with Crippen LogP contribution in [0, 0.1) is 0 Å². The van der Waals surface area contributed by atoms with Crippen LogP contribution in [-0.4, -0.2) is 52.3 Å². The van der Waals surface area contributed by atoms with Crippen LogP contribution in [0.3, 0.4) is 0 Å². The van der Waals surface area contributed by atoms with Gasteiger partial charge in [0.05, 0.1) is 12.3 Å². The van der Waals surface area contributed by atoms with Crippen LogP contribution in [0.2, 0.25) is 0 Å². The fourth-order valence-corrected chi connectivity index (χ4v) is 2.57. The number of nitrogens with one attached hydrogen (secondary N) is 1. The van der Waals surface area contributed by atoms with Crippen LogP contribution >= 0.6 is 11.8 Å². The lowest BCUT2D eigenvalue weighted by atomic mass is 10.3. The Kier molecular flexibility index (Phi) is 5.97. The molecule has 0 spiro atoms. The summed E-state index contributed by atoms with van der Waals surface area (Å²) in [6.45, 7) is 4.61. The number of nitrogens with zero attached hydrogens (tertiary/aromatic N) is 4. The third kappa shape index (κ3) is 4.29. The minimum Gasteiger partial charge on any atom is -0.383 e. The Hall–Kier alpha value is -1.44. The number of rotatable bonds is 8. The van der Waals surface area contributed by atoms with E-state index in [1.54, 1.807) is 23.6 Å². The molecule has 20 heavy (non-hydrogen) atoms. The first kappa shape index (κ1) is 15.0. The van der Waals surface area contributed by atoms with Crippen LogP contribution in [0.4, 0.5) is 0 Å². The van der Waals surface area contributed by atoms with Crippen molar-refractivity contribution in [1.82, 2.24) is 25.5 Å². The number of thioether (sulfide) groups is 1. The van der Waals surface area contributed by atoms with Gasteiger partial charge >= 0.3 is 0 Å². The van der Waals surface area contributed by atoms with Crippen molar-refractivity contribution >= 4 is 11.8 Å². The third-order valence-electron chi connectivity index (χ3n) is 2.66. The number of ether oxygens (including phenoxy) is 1. The van der Waals surface area contributed by atoms with Crippen molar-refractivity contribution < 1.29 is 4.74 Å². The predicted octanol–water partition coefficient (Wildman–Crippen LogP) is 1.38. The zero-order chi connectivity index (χ0) is 14.2. The first-order valence-electron chi connectivity index (χ1n) is 6.51. The molecule has 1 atom stereocenters. The van der Waals surface area contributed by atoms with Gasteiger partial charge in [0, 0.05) is 25.4 Å². The molecule has 1 N–H and O–H groups in total. The summed E-state index contributed by atoms with van der Waals surface area (Å²) < 4.78 is 6.76. The molecule has 0 amide bonds. The molecular weight excluding hydrogens is 274 g/mol. The third-order valence-corrected chi connectivity index (χ3v) is 3.70. The summed E-state index contributed by atoms with van der Waals surface area (Å²) in [6.07, 6.45) is 0. The van der Waals surface area contributed by atoms with E-state index in [0.717, 1.165) is 30.5 Å². The lowest BCUT2D eigenvalue weighted by Gasteiger charge is -2.11. The second-order valence-electron chi connectivity index (χ2n) is 4.33. The van der Waals surface area contributed by atoms with Crippen molar-refractivity contribution in [2.75, 3.05) is 26.8 Å². The summed E-state index contributed by atoms with van der Waals surface area (Å²) >= 11 is 1.65. The van der Waals surface area contributed by atoms with Gasteiger partial charge in [-0.05, 0) is 22.6 Å². The van der Waals surface area contributed by atoms with E-state index in [-0.39, 0.29) is 0 Å². The van der Waals surface area contributed by atoms with E-state index < -0.39 is 0 Å². The largest absolute Gasteiger partial charge is 0.383 e. The Morgan fingerprint density at radius 2 is 2.15 bits per heavy atom. The Labute approximate surface area is 122 Å². The van der Waals surface area contributed by atoms with Crippen molar-refractivity contribution in [3.05, 3.63) is 30.3 Å². The molecule has 0 radical (unpaired) electrons. The van der Waals surface area contributed by atoms with E-state index in [2.05, 4.69) is 27.8 Å². The Morgan fingerprint density at radius 3 is 2.90 bits per heavy atom. The molecule has 0 aliphatic carbocycles. The van der Waals surface area contributed by atoms with Gasteiger partial charge in [0.15, 0.2) is 0 Å². The molecule has 2 aromatic rings. The molecule has 0 saturated carbocycles. The standard InChI is InChI=1S/C13H19N5OS/c1-11(10-14-8-9-19-2)20-13-15-16-17-18(13)12-6-4-3-5-7-12/h3-7,11,14H,8-10H2,1-2H3. The van der Waals surface area contributed by atoms with E-state index in [4.69, 9.17) is 4.74 Å². The Balaban J connectivity index is 1.92. The normalized spacial score (nSPS) is 12.5. The Morgan fingerprint density at radius 1 is 1.35 bits per heavy atom. The van der Waals surface area contributed by atoms with Crippen LogP contribution < -0.4 is 5.32 Å². The van der Waals surface area contributed by atoms with E-state index in [0.29, 0.717) is 5.25 Å². The first-order valence-corrected chi connectivity index (χ1v) is 7.39. The molecule has 0 saturated heterocycles. The summed E-state index contributed by atoms with van der Waals surface area (Å²) in [6, 6.07) is 9.90. The fourth-order valence-electron chi connectivity index (χ4n) is 1.68. The maximum atomic E-state index is 5.00. The van der Waals surface area contributed by atoms with Crippen molar-refractivity contribution in [2.24, 2.45) is 0 Å². The number of benzene rings is 1. The van der Waals surface area contributed by atoms with Crippen molar-refractivity contribution in [2.45, 2.75) is 17.3 Å². The van der Waals surface area contributed by atoms with Gasteiger partial charge in [-0.25, -0.2) is 0 Å². The molecule has 2 rings (SSSR count). The summed E-state index contributed by atoms with van der Waals surface area (Å²) in [5.74, 6) is 0. The van der Waals surface area contributed by atoms with Gasteiger partial charge < -0.3 is 10.1 Å². The van der Waals surface area contributed by atoms with Crippen molar-refractivity contribution in [1.29, 1.82) is 0 Å². The molecular formula is C13H19N5OS. The number of methoxy groups -OCH3 is 1. The molecule has 0 bridgehead atoms. The molecule has 1 aromatic carbocycles. The van der Waals surface area contributed by atoms with E-state index in [9.17, 15) is 0 Å². The molecule has 7 heteroatoms. The van der Waals surface area contributed by atoms with Gasteiger partial charge in [-0.3, -0.25) is 0 Å². The maximum Gasteiger partial charge on any atom is 0.214 e. The lowest BCUT2D eigenvalue weighted by molar-refractivity contribution is 0.199. The van der Waals surface area contributed by atoms with E-state index >= 15 is 0 Å². The molecule has 1 unspecified atom stereocenters. The number of hydrogen-bond donors (Lipinski definition) is 1. The minimum absolute atomic E-state index is 0.375. The number of para-hydroxylation sites is 1. The van der Waals surface area contributed by atoms with E-state index in [1.807, 2.05) is 30.3 Å². The van der Waals surface area contributed by atoms with Gasteiger partial charge in [-0.2, -0.15) is 4.68 Å². The second kappa shape index (κ2) is 7.98. The zero-order valence-electron chi connectivity index (χ0n) is 11.7. The maximum absolute atomic E-state index is 5.00. The average Bonchev–Trinajstić information content (AvgIpc) is 2.92. The van der Waals surface area contributed by atoms with Crippen LogP contribution in [-0.2, 0) is 4.74 Å². The van der Waals surface area contributed by atoms with Gasteiger partial charge in [-0.1, -0.05) is 36.9 Å². The van der Waals surface area contributed by atoms with Crippen LogP contribution in [0.15, 0.2) is 35.5 Å². The Bertz CT molecular complexity index is 504. The highest BCUT2D eigenvalue weighted by Crippen LogP contribution is 2.22. The van der Waals surface area contributed by atoms with Crippen LogP contribution in [0.25, 0.3) is 5.69 Å². The SMILES string of the molecule is COCCNCC(C)Sc1nnnn1-c1ccccc1. The average molecular weight is 293 g/mol. The van der Waals surface area contributed by atoms with Crippen molar-refractivity contribution in [3.8, 4) is 5.69 Å². The smallest absolute Gasteiger partial charge is 0.214 e. The lowest BCUT2D eigenvalue weighted by Crippen LogP contribution is -2.26. The highest BCUT2D eigenvalue weighted by atomic mass is 32.2. The predicted molar refractivity (Wildman–Crippen MR) is 79.2 cm³/mol. The fraction of sp³-hybridized carbons (Fsp3) is 0.462. The summed E-state index contributed by atoms with van der Waals surface area (Å²) in [4.78, 5) is 0. The minimum atomic E-state index is 0.375. The molecule has 1 aromatic heterocycles. The molecule has 1 heterocycles. The van der Waals surface area contributed by atoms with Gasteiger partial charge in [0.1, 0.15) is 0 Å². The first-order chi connectivity index (χ1) is 9.81. The van der Waals surface area contributed by atoms with Gasteiger partial charge in [0.25, 0.3) is 0 Å². The zero-order valence-corrected chi connectivity index (χ0v) is 12.5. The molecule has 6 nitrogen and oxygen atoms in total. The second-order valence-corrected chi connectivity index (χ2v) is 5.74. The molecule has 0 fully saturated rings. The number of tetrazole rings is 1. The van der Waals surface area contributed by atoms with Crippen LogP contribution in [0.1, 0.15) is 6.92 Å². The van der Waals surface area contributed by atoms with Crippen molar-refractivity contribution in [3.63, 3.8) is 0 Å². The van der Waals surface area contributed by atoms with Gasteiger partial charge in [0.2, 0.25) is 5.16 Å². The monoisotopic (exact) mass is 293 g/mol. The molecule has 0 aliphatic heterocycles. The summed E-state index contributed by atoms with van der Waals surface area (Å²) in [5.41, 5.74) is 0.972. The summed E-state index contributed by atoms with van der Waals surface area (Å²) in [7, 11) is 1.70. The highest BCUT2D eigenvalue weighted by Gasteiger charge is 2.12. The summed E-state index contributed by atoms with van der Waals surface area (Å²) in [5, 5.41) is 16.4. The molecule has 0 aliphatic rings. The molecule has 108 valence electrons. The number of aromatic nitrogens is 4. The number of hydrogen-bond acceptors (Lipinski definition) is 6.